The predicted molar refractivity (Wildman–Crippen MR) is 82.7 cm³/mol. The van der Waals surface area contributed by atoms with Crippen LogP contribution in [0.15, 0.2) is 48.8 Å². The van der Waals surface area contributed by atoms with Gasteiger partial charge in [0.15, 0.2) is 0 Å². The molecular weight excluding hydrogens is 286 g/mol. The summed E-state index contributed by atoms with van der Waals surface area (Å²) in [6, 6.07) is 11.0. The quantitative estimate of drug-likeness (QED) is 0.877. The van der Waals surface area contributed by atoms with Gasteiger partial charge >= 0.3 is 0 Å². The average molecular weight is 305 g/mol. The summed E-state index contributed by atoms with van der Waals surface area (Å²) in [6.45, 7) is 0.638. The molecule has 0 amide bonds. The van der Waals surface area contributed by atoms with Crippen LogP contribution in [0.1, 0.15) is 16.7 Å². The van der Waals surface area contributed by atoms with Gasteiger partial charge in [0, 0.05) is 32.5 Å². The summed E-state index contributed by atoms with van der Waals surface area (Å²) in [7, 11) is -1.82. The van der Waals surface area contributed by atoms with Crippen LogP contribution in [0.5, 0.6) is 0 Å². The van der Waals surface area contributed by atoms with Crippen LogP contribution < -0.4 is 5.73 Å². The standard InChI is InChI=1S/C15H19N3O2S/c1-18(11-13-5-4-8-17-10-13)21(19,20)12-15-7-3-2-6-14(15)9-16/h2-8,10H,9,11-12,16H2,1H3. The van der Waals surface area contributed by atoms with Gasteiger partial charge in [-0.1, -0.05) is 30.3 Å². The lowest BCUT2D eigenvalue weighted by molar-refractivity contribution is 0.465. The topological polar surface area (TPSA) is 76.3 Å². The van der Waals surface area contributed by atoms with Crippen molar-refractivity contribution < 1.29 is 8.42 Å². The molecule has 1 aromatic heterocycles. The van der Waals surface area contributed by atoms with E-state index in [2.05, 4.69) is 4.98 Å². The van der Waals surface area contributed by atoms with Crippen LogP contribution in [0.4, 0.5) is 0 Å². The largest absolute Gasteiger partial charge is 0.326 e. The van der Waals surface area contributed by atoms with Crippen LogP contribution in [0.2, 0.25) is 0 Å². The normalized spacial score (nSPS) is 11.8. The Morgan fingerprint density at radius 2 is 1.86 bits per heavy atom. The van der Waals surface area contributed by atoms with Crippen LogP contribution in [-0.2, 0) is 28.9 Å². The highest BCUT2D eigenvalue weighted by molar-refractivity contribution is 7.88. The number of aromatic nitrogens is 1. The maximum Gasteiger partial charge on any atom is 0.218 e. The zero-order valence-corrected chi connectivity index (χ0v) is 12.8. The van der Waals surface area contributed by atoms with Crippen LogP contribution >= 0.6 is 0 Å². The molecule has 5 nitrogen and oxygen atoms in total. The van der Waals surface area contributed by atoms with Crippen LogP contribution in [0.3, 0.4) is 0 Å². The number of rotatable bonds is 6. The second-order valence-corrected chi connectivity index (χ2v) is 6.92. The van der Waals surface area contributed by atoms with Gasteiger partial charge in [0.1, 0.15) is 0 Å². The van der Waals surface area contributed by atoms with Crippen LogP contribution in [0, 0.1) is 0 Å². The number of hydrogen-bond donors (Lipinski definition) is 1. The summed E-state index contributed by atoms with van der Waals surface area (Å²) in [5, 5.41) is 0. The fourth-order valence-corrected chi connectivity index (χ4v) is 3.29. The molecule has 0 atom stereocenters. The van der Waals surface area contributed by atoms with E-state index in [1.54, 1.807) is 31.6 Å². The molecule has 2 rings (SSSR count). The molecule has 0 radical (unpaired) electrons. The van der Waals surface area contributed by atoms with E-state index in [0.29, 0.717) is 13.1 Å². The van der Waals surface area contributed by atoms with Gasteiger partial charge in [-0.3, -0.25) is 4.98 Å². The van der Waals surface area contributed by atoms with Gasteiger partial charge in [0.2, 0.25) is 10.0 Å². The van der Waals surface area contributed by atoms with Gasteiger partial charge in [-0.25, -0.2) is 12.7 Å². The maximum atomic E-state index is 12.4. The Hall–Kier alpha value is -1.76. The monoisotopic (exact) mass is 305 g/mol. The second kappa shape index (κ2) is 6.80. The molecule has 0 aliphatic heterocycles. The molecule has 1 aromatic carbocycles. The number of pyridine rings is 1. The summed E-state index contributed by atoms with van der Waals surface area (Å²) in [6.07, 6.45) is 3.33. The lowest BCUT2D eigenvalue weighted by Gasteiger charge is -2.18. The van der Waals surface area contributed by atoms with E-state index in [0.717, 1.165) is 16.7 Å². The van der Waals surface area contributed by atoms with Gasteiger partial charge in [-0.2, -0.15) is 0 Å². The Bertz CT molecular complexity index is 687. The molecule has 2 aromatic rings. The zero-order valence-electron chi connectivity index (χ0n) is 11.9. The molecule has 6 heteroatoms. The third kappa shape index (κ3) is 4.10. The van der Waals surface area contributed by atoms with Crippen molar-refractivity contribution in [3.63, 3.8) is 0 Å². The van der Waals surface area contributed by atoms with Crippen molar-refractivity contribution in [2.75, 3.05) is 7.05 Å². The minimum Gasteiger partial charge on any atom is -0.326 e. The van der Waals surface area contributed by atoms with E-state index in [1.165, 1.54) is 4.31 Å². The Labute approximate surface area is 125 Å². The molecule has 0 saturated heterocycles. The van der Waals surface area contributed by atoms with Crippen molar-refractivity contribution >= 4 is 10.0 Å². The lowest BCUT2D eigenvalue weighted by atomic mass is 10.1. The third-order valence-electron chi connectivity index (χ3n) is 3.28. The molecule has 0 spiro atoms. The molecule has 0 bridgehead atoms. The van der Waals surface area contributed by atoms with E-state index in [1.807, 2.05) is 24.3 Å². The number of nitrogens with zero attached hydrogens (tertiary/aromatic N) is 2. The maximum absolute atomic E-state index is 12.4. The first-order valence-corrected chi connectivity index (χ1v) is 8.23. The van der Waals surface area contributed by atoms with Crippen molar-refractivity contribution in [3.05, 3.63) is 65.5 Å². The third-order valence-corrected chi connectivity index (χ3v) is 5.03. The van der Waals surface area contributed by atoms with Gasteiger partial charge < -0.3 is 5.73 Å². The summed E-state index contributed by atoms with van der Waals surface area (Å²) in [5.41, 5.74) is 8.12. The van der Waals surface area contributed by atoms with Crippen LogP contribution in [-0.4, -0.2) is 24.8 Å². The molecule has 2 N–H and O–H groups in total. The SMILES string of the molecule is CN(Cc1cccnc1)S(=O)(=O)Cc1ccccc1CN. The molecule has 0 saturated carbocycles. The molecule has 0 unspecified atom stereocenters. The van der Waals surface area contributed by atoms with E-state index in [4.69, 9.17) is 5.73 Å². The summed E-state index contributed by atoms with van der Waals surface area (Å²) < 4.78 is 26.2. The first-order chi connectivity index (χ1) is 10.0. The summed E-state index contributed by atoms with van der Waals surface area (Å²) in [5.74, 6) is -0.0445. The minimum absolute atomic E-state index is 0.0445. The summed E-state index contributed by atoms with van der Waals surface area (Å²) >= 11 is 0. The highest BCUT2D eigenvalue weighted by Gasteiger charge is 2.20. The van der Waals surface area contributed by atoms with Gasteiger partial charge in [-0.15, -0.1) is 0 Å². The van der Waals surface area contributed by atoms with Crippen LogP contribution in [0.25, 0.3) is 0 Å². The molecule has 21 heavy (non-hydrogen) atoms. The Kier molecular flexibility index (Phi) is 5.06. The number of nitrogens with two attached hydrogens (primary N) is 1. The Morgan fingerprint density at radius 1 is 1.14 bits per heavy atom. The van der Waals surface area contributed by atoms with Crippen molar-refractivity contribution in [1.82, 2.24) is 9.29 Å². The van der Waals surface area contributed by atoms with Gasteiger partial charge in [0.05, 0.1) is 5.75 Å². The number of hydrogen-bond acceptors (Lipinski definition) is 4. The average Bonchev–Trinajstić information content (AvgIpc) is 2.48. The lowest BCUT2D eigenvalue weighted by Crippen LogP contribution is -2.28. The Balaban J connectivity index is 2.14. The van der Waals surface area contributed by atoms with E-state index in [-0.39, 0.29) is 5.75 Å². The fourth-order valence-electron chi connectivity index (χ4n) is 2.05. The predicted octanol–water partition coefficient (Wildman–Crippen LogP) is 1.50. The number of benzene rings is 1. The highest BCUT2D eigenvalue weighted by atomic mass is 32.2. The molecule has 1 heterocycles. The molecular formula is C15H19N3O2S. The van der Waals surface area contributed by atoms with Crippen molar-refractivity contribution in [2.24, 2.45) is 5.73 Å². The number of sulfonamides is 1. The van der Waals surface area contributed by atoms with Gasteiger partial charge in [0.25, 0.3) is 0 Å². The molecule has 0 aliphatic rings. The van der Waals surface area contributed by atoms with Crippen molar-refractivity contribution in [3.8, 4) is 0 Å². The van der Waals surface area contributed by atoms with Gasteiger partial charge in [-0.05, 0) is 22.8 Å². The van der Waals surface area contributed by atoms with E-state index in [9.17, 15) is 8.42 Å². The Morgan fingerprint density at radius 3 is 2.48 bits per heavy atom. The molecule has 0 aliphatic carbocycles. The first-order valence-electron chi connectivity index (χ1n) is 6.62. The highest BCUT2D eigenvalue weighted by Crippen LogP contribution is 2.15. The minimum atomic E-state index is -3.39. The smallest absolute Gasteiger partial charge is 0.218 e. The van der Waals surface area contributed by atoms with E-state index < -0.39 is 10.0 Å². The van der Waals surface area contributed by atoms with E-state index >= 15 is 0 Å². The van der Waals surface area contributed by atoms with Crippen molar-refractivity contribution in [1.29, 1.82) is 0 Å². The van der Waals surface area contributed by atoms with Crippen molar-refractivity contribution in [2.45, 2.75) is 18.8 Å². The second-order valence-electron chi connectivity index (χ2n) is 4.85. The molecule has 112 valence electrons. The zero-order chi connectivity index (χ0) is 15.3. The fraction of sp³-hybridized carbons (Fsp3) is 0.267. The first kappa shape index (κ1) is 15.6. The summed E-state index contributed by atoms with van der Waals surface area (Å²) in [4.78, 5) is 3.99. The molecule has 0 fully saturated rings.